The second kappa shape index (κ2) is 8.52. The van der Waals surface area contributed by atoms with Gasteiger partial charge in [0.25, 0.3) is 5.56 Å². The maximum absolute atomic E-state index is 13.3. The first-order chi connectivity index (χ1) is 15.5. The number of nitrogens with zero attached hydrogens (tertiary/aromatic N) is 2. The number of aryl methyl sites for hydroxylation is 2. The molecular weight excluding hydrogens is 422 g/mol. The third-order valence-electron chi connectivity index (χ3n) is 6.23. The van der Waals surface area contributed by atoms with E-state index in [9.17, 15) is 9.59 Å². The van der Waals surface area contributed by atoms with Crippen molar-refractivity contribution in [2.24, 2.45) is 0 Å². The zero-order chi connectivity index (χ0) is 22.2. The van der Waals surface area contributed by atoms with Gasteiger partial charge in [-0.2, -0.15) is 0 Å². The highest BCUT2D eigenvalue weighted by atomic mass is 32.1. The highest BCUT2D eigenvalue weighted by Gasteiger charge is 2.31. The molecule has 4 heterocycles. The number of aromatic nitrogens is 2. The lowest BCUT2D eigenvalue weighted by Crippen LogP contribution is -2.36. The molecule has 8 heteroatoms. The van der Waals surface area contributed by atoms with E-state index in [2.05, 4.69) is 33.1 Å². The third kappa shape index (κ3) is 3.96. The molecule has 0 saturated carbocycles. The van der Waals surface area contributed by atoms with Crippen molar-refractivity contribution in [1.29, 1.82) is 0 Å². The monoisotopic (exact) mass is 449 g/mol. The molecule has 2 atom stereocenters. The van der Waals surface area contributed by atoms with E-state index in [0.717, 1.165) is 23.5 Å². The fourth-order valence-corrected chi connectivity index (χ4v) is 5.62. The van der Waals surface area contributed by atoms with Gasteiger partial charge in [0.15, 0.2) is 0 Å². The molecule has 2 aromatic heterocycles. The van der Waals surface area contributed by atoms with Crippen molar-refractivity contribution in [3.63, 3.8) is 0 Å². The molecule has 3 aromatic rings. The Bertz CT molecular complexity index is 1210. The fourth-order valence-electron chi connectivity index (χ4n) is 4.53. The Morgan fingerprint density at radius 1 is 1.34 bits per heavy atom. The predicted octanol–water partition coefficient (Wildman–Crippen LogP) is 3.19. The van der Waals surface area contributed by atoms with Crippen molar-refractivity contribution in [3.8, 4) is 0 Å². The van der Waals surface area contributed by atoms with Crippen LogP contribution in [0.25, 0.3) is 0 Å². The van der Waals surface area contributed by atoms with Gasteiger partial charge in [-0.15, -0.1) is 11.3 Å². The van der Waals surface area contributed by atoms with Crippen LogP contribution in [-0.4, -0.2) is 15.5 Å². The van der Waals surface area contributed by atoms with E-state index in [1.807, 2.05) is 32.0 Å². The first-order valence-corrected chi connectivity index (χ1v) is 11.8. The average molecular weight is 450 g/mol. The Labute approximate surface area is 190 Å². The zero-order valence-corrected chi connectivity index (χ0v) is 19.1. The van der Waals surface area contributed by atoms with Gasteiger partial charge in [0.05, 0.1) is 12.7 Å². The van der Waals surface area contributed by atoms with Crippen molar-refractivity contribution in [3.05, 3.63) is 79.2 Å². The summed E-state index contributed by atoms with van der Waals surface area (Å²) in [6.45, 7) is 6.36. The molecule has 0 aliphatic carbocycles. The highest BCUT2D eigenvalue weighted by molar-refractivity contribution is 7.12. The van der Waals surface area contributed by atoms with Crippen LogP contribution in [0.5, 0.6) is 0 Å². The summed E-state index contributed by atoms with van der Waals surface area (Å²) in [5.74, 6) is 0.549. The molecule has 1 aromatic carbocycles. The second-order valence-electron chi connectivity index (χ2n) is 8.58. The maximum atomic E-state index is 13.3. The highest BCUT2D eigenvalue weighted by Crippen LogP contribution is 2.27. The molecule has 0 fully saturated rings. The molecule has 1 amide bonds. The number of rotatable bonds is 6. The second-order valence-corrected chi connectivity index (χ2v) is 9.80. The summed E-state index contributed by atoms with van der Waals surface area (Å²) in [5, 5.41) is 9.65. The Hall–Kier alpha value is -2.97. The van der Waals surface area contributed by atoms with Crippen LogP contribution in [0.4, 0.5) is 5.69 Å². The largest absolute Gasteiger partial charge is 0.373 e. The topological polar surface area (TPSA) is 88.0 Å². The van der Waals surface area contributed by atoms with Crippen molar-refractivity contribution in [2.75, 3.05) is 5.32 Å². The molecule has 0 bridgehead atoms. The van der Waals surface area contributed by atoms with Gasteiger partial charge in [-0.25, -0.2) is 4.98 Å². The number of hydrogen-bond acceptors (Lipinski definition) is 6. The molecule has 2 aliphatic rings. The van der Waals surface area contributed by atoms with Crippen molar-refractivity contribution < 1.29 is 4.79 Å². The summed E-state index contributed by atoms with van der Waals surface area (Å²) in [6, 6.07) is 9.78. The number of carbonyl (C=O) groups excluding carboxylic acids is 1. The van der Waals surface area contributed by atoms with E-state index in [1.54, 1.807) is 22.1 Å². The summed E-state index contributed by atoms with van der Waals surface area (Å²) < 4.78 is 1.57. The molecule has 5 rings (SSSR count). The Balaban J connectivity index is 1.31. The Morgan fingerprint density at radius 2 is 2.22 bits per heavy atom. The van der Waals surface area contributed by atoms with Crippen LogP contribution in [0.1, 0.15) is 57.7 Å². The fraction of sp³-hybridized carbons (Fsp3) is 0.375. The first kappa shape index (κ1) is 20.9. The smallest absolute Gasteiger partial charge is 0.277 e. The minimum absolute atomic E-state index is 0.0491. The number of anilines is 1. The van der Waals surface area contributed by atoms with E-state index in [4.69, 9.17) is 0 Å². The van der Waals surface area contributed by atoms with Gasteiger partial charge >= 0.3 is 0 Å². The summed E-state index contributed by atoms with van der Waals surface area (Å²) in [4.78, 5) is 33.2. The summed E-state index contributed by atoms with van der Waals surface area (Å²) >= 11 is 1.74. The summed E-state index contributed by atoms with van der Waals surface area (Å²) in [7, 11) is 0. The molecular formula is C24H27N5O2S. The van der Waals surface area contributed by atoms with Gasteiger partial charge in [0.2, 0.25) is 5.91 Å². The zero-order valence-electron chi connectivity index (χ0n) is 18.3. The maximum Gasteiger partial charge on any atom is 0.277 e. The van der Waals surface area contributed by atoms with Gasteiger partial charge in [-0.3, -0.25) is 14.2 Å². The van der Waals surface area contributed by atoms with Crippen LogP contribution in [-0.2, 0) is 30.8 Å². The number of fused-ring (bicyclic) bond motifs is 2. The van der Waals surface area contributed by atoms with E-state index >= 15 is 0 Å². The number of thiophene rings is 1. The summed E-state index contributed by atoms with van der Waals surface area (Å²) in [6.07, 6.45) is 2.82. The number of hydrogen-bond donors (Lipinski definition) is 3. The molecule has 32 heavy (non-hydrogen) atoms. The van der Waals surface area contributed by atoms with E-state index in [-0.39, 0.29) is 17.5 Å². The van der Waals surface area contributed by atoms with Crippen molar-refractivity contribution in [1.82, 2.24) is 20.2 Å². The van der Waals surface area contributed by atoms with Crippen molar-refractivity contribution in [2.45, 2.75) is 58.4 Å². The first-order valence-electron chi connectivity index (χ1n) is 11.0. The molecule has 166 valence electrons. The molecule has 0 saturated heterocycles. The van der Waals surface area contributed by atoms with Crippen LogP contribution >= 0.6 is 11.3 Å². The van der Waals surface area contributed by atoms with Gasteiger partial charge in [-0.05, 0) is 37.5 Å². The van der Waals surface area contributed by atoms with E-state index in [1.165, 1.54) is 16.0 Å². The molecule has 0 spiro atoms. The summed E-state index contributed by atoms with van der Waals surface area (Å²) in [5.41, 5.74) is 3.83. The average Bonchev–Trinajstić information content (AvgIpc) is 3.49. The van der Waals surface area contributed by atoms with Crippen LogP contribution in [0, 0.1) is 6.92 Å². The Morgan fingerprint density at radius 3 is 3.03 bits per heavy atom. The van der Waals surface area contributed by atoms with Gasteiger partial charge in [0.1, 0.15) is 17.6 Å². The number of nitrogens with one attached hydrogen (secondary N) is 3. The van der Waals surface area contributed by atoms with Crippen LogP contribution in [0.15, 0.2) is 41.3 Å². The lowest BCUT2D eigenvalue weighted by molar-refractivity contribution is -0.124. The molecule has 1 unspecified atom stereocenters. The van der Waals surface area contributed by atoms with Crippen LogP contribution < -0.4 is 21.5 Å². The lowest BCUT2D eigenvalue weighted by Gasteiger charge is -2.18. The minimum atomic E-state index is -0.519. The van der Waals surface area contributed by atoms with Crippen LogP contribution in [0.3, 0.4) is 0 Å². The van der Waals surface area contributed by atoms with Crippen molar-refractivity contribution >= 4 is 22.9 Å². The number of carbonyl (C=O) groups is 1. The van der Waals surface area contributed by atoms with Gasteiger partial charge < -0.3 is 16.0 Å². The minimum Gasteiger partial charge on any atom is -0.373 e. The quantitative estimate of drug-likeness (QED) is 0.538. The number of benzene rings is 1. The number of amides is 1. The van der Waals surface area contributed by atoms with Gasteiger partial charge in [-0.1, -0.05) is 29.8 Å². The standard InChI is InChI=1S/C24H27N5O2S/c1-14-4-3-5-16(8-14)15(2)28-19-12-26-22-7-6-20(29(22)24(19)31)23(30)27-11-18-9-17-10-25-13-21(17)32-18/h3-5,8-9,12,15,20,25,28H,6-7,10-11,13H2,1-2H3,(H,27,30)/t15?,20-/m0/s1. The Kier molecular flexibility index (Phi) is 5.57. The molecule has 2 aliphatic heterocycles. The van der Waals surface area contributed by atoms with Gasteiger partial charge in [0, 0.05) is 35.3 Å². The van der Waals surface area contributed by atoms with Crippen LogP contribution in [0.2, 0.25) is 0 Å². The van der Waals surface area contributed by atoms with E-state index < -0.39 is 6.04 Å². The molecule has 0 radical (unpaired) electrons. The molecule has 7 nitrogen and oxygen atoms in total. The molecule has 3 N–H and O–H groups in total. The normalized spacial score (nSPS) is 17.6. The third-order valence-corrected chi connectivity index (χ3v) is 7.40. The van der Waals surface area contributed by atoms with E-state index in [0.29, 0.717) is 30.9 Å². The lowest BCUT2D eigenvalue weighted by atomic mass is 10.1. The SMILES string of the molecule is Cc1cccc(C(C)Nc2cnc3n(c2=O)[C@H](C(=O)NCc2cc4c(s2)CNC4)CC3)c1. The predicted molar refractivity (Wildman–Crippen MR) is 126 cm³/mol.